The Labute approximate surface area is 145 Å². The van der Waals surface area contributed by atoms with Gasteiger partial charge in [-0.1, -0.05) is 26.0 Å². The Morgan fingerprint density at radius 2 is 2.17 bits per heavy atom. The van der Waals surface area contributed by atoms with Gasteiger partial charge >= 0.3 is 0 Å². The van der Waals surface area contributed by atoms with Crippen molar-refractivity contribution in [1.29, 1.82) is 0 Å². The van der Waals surface area contributed by atoms with Gasteiger partial charge in [-0.25, -0.2) is 8.42 Å². The number of amides is 1. The van der Waals surface area contributed by atoms with Crippen LogP contribution in [0.1, 0.15) is 48.5 Å². The van der Waals surface area contributed by atoms with Gasteiger partial charge in [0.1, 0.15) is 0 Å². The zero-order chi connectivity index (χ0) is 17.6. The fourth-order valence-electron chi connectivity index (χ4n) is 3.08. The summed E-state index contributed by atoms with van der Waals surface area (Å²) in [7, 11) is -3.11. The predicted molar refractivity (Wildman–Crippen MR) is 97.1 cm³/mol. The lowest BCUT2D eigenvalue weighted by Gasteiger charge is -2.23. The summed E-state index contributed by atoms with van der Waals surface area (Å²) in [5.74, 6) is 0.487. The van der Waals surface area contributed by atoms with Gasteiger partial charge in [0.2, 0.25) is 0 Å². The average Bonchev–Trinajstić information content (AvgIpc) is 2.54. The third-order valence-corrected chi connectivity index (χ3v) is 6.20. The van der Waals surface area contributed by atoms with Crippen LogP contribution in [0.5, 0.6) is 0 Å². The van der Waals surface area contributed by atoms with E-state index in [4.69, 9.17) is 0 Å². The number of hydrogen-bond donors (Lipinski definition) is 2. The molecule has 0 bridgehead atoms. The molecule has 1 aromatic rings. The topological polar surface area (TPSA) is 75.3 Å². The second-order valence-electron chi connectivity index (χ2n) is 6.93. The van der Waals surface area contributed by atoms with Gasteiger partial charge in [0.25, 0.3) is 5.91 Å². The molecule has 1 amide bonds. The number of piperidine rings is 1. The smallest absolute Gasteiger partial charge is 0.251 e. The fourth-order valence-corrected chi connectivity index (χ4v) is 4.68. The lowest BCUT2D eigenvalue weighted by Crippen LogP contribution is -2.31. The van der Waals surface area contributed by atoms with Crippen molar-refractivity contribution in [2.24, 2.45) is 5.92 Å². The van der Waals surface area contributed by atoms with Crippen molar-refractivity contribution in [3.63, 3.8) is 0 Å². The Morgan fingerprint density at radius 3 is 2.83 bits per heavy atom. The van der Waals surface area contributed by atoms with Crippen LogP contribution in [0.4, 0.5) is 0 Å². The van der Waals surface area contributed by atoms with E-state index >= 15 is 0 Å². The molecule has 1 atom stereocenters. The highest BCUT2D eigenvalue weighted by atomic mass is 32.2. The van der Waals surface area contributed by atoms with Gasteiger partial charge in [-0.05, 0) is 48.9 Å². The summed E-state index contributed by atoms with van der Waals surface area (Å²) in [6.45, 7) is 5.91. The summed E-state index contributed by atoms with van der Waals surface area (Å²) in [5, 5.41) is 6.11. The molecule has 2 N–H and O–H groups in total. The van der Waals surface area contributed by atoms with Crippen LogP contribution in [0.3, 0.4) is 0 Å². The average molecular weight is 353 g/mol. The SMILES string of the molecule is CC(C)CS(=O)(=O)CCNC(=O)c1cccc(C2CCCNC2)c1. The summed E-state index contributed by atoms with van der Waals surface area (Å²) in [5.41, 5.74) is 1.77. The Balaban J connectivity index is 1.90. The number of nitrogens with one attached hydrogen (secondary N) is 2. The van der Waals surface area contributed by atoms with Crippen molar-refractivity contribution in [1.82, 2.24) is 10.6 Å². The van der Waals surface area contributed by atoms with E-state index in [9.17, 15) is 13.2 Å². The molecule has 1 saturated heterocycles. The molecule has 24 heavy (non-hydrogen) atoms. The van der Waals surface area contributed by atoms with Gasteiger partial charge in [-0.15, -0.1) is 0 Å². The minimum atomic E-state index is -3.11. The van der Waals surface area contributed by atoms with E-state index in [1.807, 2.05) is 26.0 Å². The fraction of sp³-hybridized carbons (Fsp3) is 0.611. The van der Waals surface area contributed by atoms with E-state index in [0.29, 0.717) is 11.5 Å². The van der Waals surface area contributed by atoms with Gasteiger partial charge in [0.05, 0.1) is 11.5 Å². The first kappa shape index (κ1) is 18.9. The van der Waals surface area contributed by atoms with Gasteiger partial charge in [-0.2, -0.15) is 0 Å². The second-order valence-corrected chi connectivity index (χ2v) is 9.16. The third kappa shape index (κ3) is 5.91. The molecule has 0 radical (unpaired) electrons. The first-order valence-electron chi connectivity index (χ1n) is 8.66. The van der Waals surface area contributed by atoms with Crippen molar-refractivity contribution >= 4 is 15.7 Å². The molecule has 0 spiro atoms. The Hall–Kier alpha value is -1.40. The van der Waals surface area contributed by atoms with E-state index in [0.717, 1.165) is 25.9 Å². The van der Waals surface area contributed by atoms with Crippen LogP contribution < -0.4 is 10.6 Å². The van der Waals surface area contributed by atoms with Crippen molar-refractivity contribution < 1.29 is 13.2 Å². The van der Waals surface area contributed by atoms with Crippen molar-refractivity contribution in [2.75, 3.05) is 31.1 Å². The molecule has 6 heteroatoms. The first-order chi connectivity index (χ1) is 11.4. The molecule has 0 aromatic heterocycles. The Morgan fingerprint density at radius 1 is 1.38 bits per heavy atom. The largest absolute Gasteiger partial charge is 0.351 e. The first-order valence-corrected chi connectivity index (χ1v) is 10.5. The van der Waals surface area contributed by atoms with Crippen LogP contribution in [0, 0.1) is 5.92 Å². The Bertz CT molecular complexity index is 650. The molecular formula is C18H28N2O3S. The van der Waals surface area contributed by atoms with Crippen LogP contribution in [0.25, 0.3) is 0 Å². The van der Waals surface area contributed by atoms with Crippen molar-refractivity contribution in [3.05, 3.63) is 35.4 Å². The standard InChI is InChI=1S/C18H28N2O3S/c1-14(2)13-24(22,23)10-9-20-18(21)16-6-3-5-15(11-16)17-7-4-8-19-12-17/h3,5-6,11,14,17,19H,4,7-10,12-13H2,1-2H3,(H,20,21). The van der Waals surface area contributed by atoms with Crippen molar-refractivity contribution in [3.8, 4) is 0 Å². The molecule has 0 aliphatic carbocycles. The van der Waals surface area contributed by atoms with Crippen molar-refractivity contribution in [2.45, 2.75) is 32.6 Å². The van der Waals surface area contributed by atoms with E-state index in [1.54, 1.807) is 6.07 Å². The number of benzene rings is 1. The van der Waals surface area contributed by atoms with E-state index in [2.05, 4.69) is 16.7 Å². The zero-order valence-corrected chi connectivity index (χ0v) is 15.4. The number of carbonyl (C=O) groups is 1. The van der Waals surface area contributed by atoms with E-state index in [-0.39, 0.29) is 29.9 Å². The summed E-state index contributed by atoms with van der Waals surface area (Å²) in [6, 6.07) is 7.66. The Kier molecular flexibility index (Phi) is 6.80. The molecular weight excluding hydrogens is 324 g/mol. The highest BCUT2D eigenvalue weighted by molar-refractivity contribution is 7.91. The molecule has 1 aromatic carbocycles. The molecule has 1 unspecified atom stereocenters. The summed E-state index contributed by atoms with van der Waals surface area (Å²) >= 11 is 0. The minimum absolute atomic E-state index is 0.0108. The normalized spacial score (nSPS) is 18.5. The lowest BCUT2D eigenvalue weighted by molar-refractivity contribution is 0.0956. The molecule has 0 saturated carbocycles. The molecule has 1 heterocycles. The number of sulfone groups is 1. The number of carbonyl (C=O) groups excluding carboxylic acids is 1. The lowest BCUT2D eigenvalue weighted by atomic mass is 9.90. The van der Waals surface area contributed by atoms with Crippen LogP contribution in [0.2, 0.25) is 0 Å². The maximum atomic E-state index is 12.3. The summed E-state index contributed by atoms with van der Waals surface area (Å²) < 4.78 is 23.7. The van der Waals surface area contributed by atoms with Crippen LogP contribution in [-0.2, 0) is 9.84 Å². The van der Waals surface area contributed by atoms with Gasteiger partial charge in [0.15, 0.2) is 9.84 Å². The molecule has 1 fully saturated rings. The molecule has 5 nitrogen and oxygen atoms in total. The highest BCUT2D eigenvalue weighted by Crippen LogP contribution is 2.23. The second kappa shape index (κ2) is 8.62. The monoisotopic (exact) mass is 352 g/mol. The van der Waals surface area contributed by atoms with E-state index < -0.39 is 9.84 Å². The van der Waals surface area contributed by atoms with E-state index in [1.165, 1.54) is 5.56 Å². The molecule has 134 valence electrons. The van der Waals surface area contributed by atoms with Gasteiger partial charge in [-0.3, -0.25) is 4.79 Å². The third-order valence-electron chi connectivity index (χ3n) is 4.20. The maximum Gasteiger partial charge on any atom is 0.251 e. The molecule has 1 aliphatic heterocycles. The summed E-state index contributed by atoms with van der Waals surface area (Å²) in [6.07, 6.45) is 2.28. The van der Waals surface area contributed by atoms with Crippen LogP contribution in [0.15, 0.2) is 24.3 Å². The highest BCUT2D eigenvalue weighted by Gasteiger charge is 2.17. The predicted octanol–water partition coefficient (Wildman–Crippen LogP) is 1.95. The van der Waals surface area contributed by atoms with Crippen LogP contribution in [-0.4, -0.2) is 45.5 Å². The number of hydrogen-bond acceptors (Lipinski definition) is 4. The summed E-state index contributed by atoms with van der Waals surface area (Å²) in [4.78, 5) is 12.3. The van der Waals surface area contributed by atoms with Gasteiger partial charge < -0.3 is 10.6 Å². The van der Waals surface area contributed by atoms with Crippen LogP contribution >= 0.6 is 0 Å². The quantitative estimate of drug-likeness (QED) is 0.786. The molecule has 1 aliphatic rings. The van der Waals surface area contributed by atoms with Gasteiger partial charge in [0, 0.05) is 18.7 Å². The maximum absolute atomic E-state index is 12.3. The minimum Gasteiger partial charge on any atom is -0.351 e. The molecule has 2 rings (SSSR count). The zero-order valence-electron chi connectivity index (χ0n) is 14.5. The number of rotatable bonds is 7.